The van der Waals surface area contributed by atoms with E-state index in [9.17, 15) is 9.90 Å². The quantitative estimate of drug-likeness (QED) is 0.760. The Balaban J connectivity index is 2.70. The molecule has 0 aromatic carbocycles. The van der Waals surface area contributed by atoms with Crippen LogP contribution < -0.4 is 5.73 Å². The van der Waals surface area contributed by atoms with Crippen molar-refractivity contribution in [3.05, 3.63) is 30.1 Å². The normalized spacial score (nSPS) is 15.1. The van der Waals surface area contributed by atoms with Gasteiger partial charge in [-0.25, -0.2) is 0 Å². The van der Waals surface area contributed by atoms with E-state index in [-0.39, 0.29) is 0 Å². The third kappa shape index (κ3) is 4.13. The van der Waals surface area contributed by atoms with E-state index in [1.807, 2.05) is 0 Å². The van der Waals surface area contributed by atoms with Crippen LogP contribution in [0.4, 0.5) is 0 Å². The van der Waals surface area contributed by atoms with Crippen LogP contribution in [0, 0.1) is 0 Å². The summed E-state index contributed by atoms with van der Waals surface area (Å²) in [6, 6.07) is 3.90. The average molecular weight is 238 g/mol. The predicted molar refractivity (Wildman–Crippen MR) is 63.0 cm³/mol. The fourth-order valence-electron chi connectivity index (χ4n) is 1.23. The molecule has 1 aromatic rings. The van der Waals surface area contributed by atoms with Crippen LogP contribution in [0.1, 0.15) is 32.6 Å². The summed E-state index contributed by atoms with van der Waals surface area (Å²) in [5.74, 6) is -0.643. The number of carbonyl (C=O) groups excluding carboxylic acids is 1. The fourth-order valence-corrected chi connectivity index (χ4v) is 1.23. The van der Waals surface area contributed by atoms with Crippen LogP contribution in [0.25, 0.3) is 0 Å². The topological polar surface area (TPSA) is 85.4 Å². The number of hydrogen-bond acceptors (Lipinski definition) is 5. The molecule has 0 aliphatic rings. The van der Waals surface area contributed by atoms with E-state index in [0.717, 1.165) is 0 Å². The van der Waals surface area contributed by atoms with Gasteiger partial charge >= 0.3 is 5.97 Å². The number of pyridine rings is 1. The molecule has 5 nitrogen and oxygen atoms in total. The van der Waals surface area contributed by atoms with Crippen molar-refractivity contribution in [1.29, 1.82) is 0 Å². The second-order valence-electron chi connectivity index (χ2n) is 4.76. The van der Waals surface area contributed by atoms with E-state index >= 15 is 0 Å². The summed E-state index contributed by atoms with van der Waals surface area (Å²) in [6.45, 7) is 5.22. The number of rotatable bonds is 3. The van der Waals surface area contributed by atoms with Crippen LogP contribution in [-0.4, -0.2) is 27.7 Å². The molecule has 0 spiro atoms. The Morgan fingerprint density at radius 2 is 2.12 bits per heavy atom. The molecule has 0 amide bonds. The highest BCUT2D eigenvalue weighted by Crippen LogP contribution is 2.16. The number of nitrogens with zero attached hydrogens (tertiary/aromatic N) is 1. The summed E-state index contributed by atoms with van der Waals surface area (Å²) in [6.07, 6.45) is 0.367. The van der Waals surface area contributed by atoms with Gasteiger partial charge in [0, 0.05) is 6.20 Å². The number of esters is 1. The van der Waals surface area contributed by atoms with Gasteiger partial charge in [0.05, 0.1) is 5.69 Å². The highest BCUT2D eigenvalue weighted by atomic mass is 16.6. The van der Waals surface area contributed by atoms with Gasteiger partial charge in [-0.05, 0) is 32.9 Å². The standard InChI is InChI=1S/C12H18N2O3/c1-12(2,3)17-11(16)9(13)10(15)8-6-4-5-7-14-8/h4-7,9-10,15H,13H2,1-3H3/t9-,10-/m0/s1. The van der Waals surface area contributed by atoms with E-state index in [0.29, 0.717) is 5.69 Å². The molecule has 1 heterocycles. The summed E-state index contributed by atoms with van der Waals surface area (Å²) in [5.41, 5.74) is 5.36. The lowest BCUT2D eigenvalue weighted by atomic mass is 10.1. The number of aliphatic hydroxyl groups is 1. The van der Waals surface area contributed by atoms with Gasteiger partial charge in [0.1, 0.15) is 17.7 Å². The van der Waals surface area contributed by atoms with Crippen molar-refractivity contribution in [2.75, 3.05) is 0 Å². The fraction of sp³-hybridized carbons (Fsp3) is 0.500. The molecule has 94 valence electrons. The number of hydrogen-bond donors (Lipinski definition) is 2. The van der Waals surface area contributed by atoms with E-state index in [2.05, 4.69) is 4.98 Å². The number of nitrogens with two attached hydrogens (primary N) is 1. The minimum absolute atomic E-state index is 0.353. The summed E-state index contributed by atoms with van der Waals surface area (Å²) in [4.78, 5) is 15.6. The lowest BCUT2D eigenvalue weighted by molar-refractivity contribution is -0.159. The molecule has 0 fully saturated rings. The van der Waals surface area contributed by atoms with Crippen molar-refractivity contribution in [2.45, 2.75) is 38.5 Å². The molecule has 1 rings (SSSR count). The Morgan fingerprint density at radius 1 is 1.47 bits per heavy atom. The molecule has 2 atom stereocenters. The maximum absolute atomic E-state index is 11.6. The highest BCUT2D eigenvalue weighted by Gasteiger charge is 2.29. The number of ether oxygens (including phenoxy) is 1. The maximum Gasteiger partial charge on any atom is 0.326 e. The third-order valence-corrected chi connectivity index (χ3v) is 2.01. The number of aliphatic hydroxyl groups excluding tert-OH is 1. The Hall–Kier alpha value is -1.46. The monoisotopic (exact) mass is 238 g/mol. The van der Waals surface area contributed by atoms with Gasteiger partial charge < -0.3 is 15.6 Å². The summed E-state index contributed by atoms with van der Waals surface area (Å²) >= 11 is 0. The molecule has 0 radical (unpaired) electrons. The molecule has 1 aromatic heterocycles. The van der Waals surface area contributed by atoms with Crippen molar-refractivity contribution in [3.8, 4) is 0 Å². The van der Waals surface area contributed by atoms with Gasteiger partial charge in [0.15, 0.2) is 0 Å². The first kappa shape index (κ1) is 13.6. The zero-order valence-electron chi connectivity index (χ0n) is 10.3. The van der Waals surface area contributed by atoms with Crippen LogP contribution in [-0.2, 0) is 9.53 Å². The SMILES string of the molecule is CC(C)(C)OC(=O)[C@@H](N)[C@@H](O)c1ccccn1. The Morgan fingerprint density at radius 3 is 2.59 bits per heavy atom. The molecule has 0 aliphatic heterocycles. The first-order chi connectivity index (χ1) is 7.81. The van der Waals surface area contributed by atoms with Gasteiger partial charge in [-0.15, -0.1) is 0 Å². The largest absolute Gasteiger partial charge is 0.459 e. The van der Waals surface area contributed by atoms with Crippen molar-refractivity contribution < 1.29 is 14.6 Å². The van der Waals surface area contributed by atoms with Crippen LogP contribution >= 0.6 is 0 Å². The first-order valence-corrected chi connectivity index (χ1v) is 5.39. The van der Waals surface area contributed by atoms with Crippen molar-refractivity contribution in [1.82, 2.24) is 4.98 Å². The predicted octanol–water partition coefficient (Wildman–Crippen LogP) is 0.784. The maximum atomic E-state index is 11.6. The summed E-state index contributed by atoms with van der Waals surface area (Å²) in [5, 5.41) is 9.87. The molecule has 0 unspecified atom stereocenters. The second kappa shape index (κ2) is 5.25. The lowest BCUT2D eigenvalue weighted by Gasteiger charge is -2.24. The summed E-state index contributed by atoms with van der Waals surface area (Å²) in [7, 11) is 0. The van der Waals surface area contributed by atoms with Crippen LogP contribution in [0.3, 0.4) is 0 Å². The average Bonchev–Trinajstić information content (AvgIpc) is 2.26. The first-order valence-electron chi connectivity index (χ1n) is 5.39. The second-order valence-corrected chi connectivity index (χ2v) is 4.76. The molecule has 17 heavy (non-hydrogen) atoms. The molecule has 0 saturated heterocycles. The third-order valence-electron chi connectivity index (χ3n) is 2.01. The van der Waals surface area contributed by atoms with Crippen LogP contribution in [0.2, 0.25) is 0 Å². The molecular weight excluding hydrogens is 220 g/mol. The van der Waals surface area contributed by atoms with E-state index in [1.54, 1.807) is 39.0 Å². The van der Waals surface area contributed by atoms with Gasteiger partial charge in [-0.3, -0.25) is 9.78 Å². The molecule has 3 N–H and O–H groups in total. The Labute approximate surface area is 101 Å². The molecule has 0 aliphatic carbocycles. The van der Waals surface area contributed by atoms with Crippen LogP contribution in [0.15, 0.2) is 24.4 Å². The van der Waals surface area contributed by atoms with E-state index in [4.69, 9.17) is 10.5 Å². The summed E-state index contributed by atoms with van der Waals surface area (Å²) < 4.78 is 5.09. The smallest absolute Gasteiger partial charge is 0.326 e. The van der Waals surface area contributed by atoms with Gasteiger partial charge in [0.25, 0.3) is 0 Å². The Bertz CT molecular complexity index is 373. The minimum Gasteiger partial charge on any atom is -0.459 e. The minimum atomic E-state index is -1.16. The van der Waals surface area contributed by atoms with Crippen molar-refractivity contribution >= 4 is 5.97 Å². The molecule has 0 saturated carbocycles. The zero-order valence-corrected chi connectivity index (χ0v) is 10.3. The lowest BCUT2D eigenvalue weighted by Crippen LogP contribution is -2.41. The van der Waals surface area contributed by atoms with Crippen LogP contribution in [0.5, 0.6) is 0 Å². The zero-order chi connectivity index (χ0) is 13.1. The molecular formula is C12H18N2O3. The van der Waals surface area contributed by atoms with E-state index in [1.165, 1.54) is 6.20 Å². The van der Waals surface area contributed by atoms with Gasteiger partial charge in [-0.1, -0.05) is 6.07 Å². The van der Waals surface area contributed by atoms with Crippen molar-refractivity contribution in [2.24, 2.45) is 5.73 Å². The molecule has 0 bridgehead atoms. The van der Waals surface area contributed by atoms with Gasteiger partial charge in [0.2, 0.25) is 0 Å². The number of aromatic nitrogens is 1. The highest BCUT2D eigenvalue weighted by molar-refractivity contribution is 5.76. The van der Waals surface area contributed by atoms with Crippen molar-refractivity contribution in [3.63, 3.8) is 0 Å². The number of carbonyl (C=O) groups is 1. The van der Waals surface area contributed by atoms with Gasteiger partial charge in [-0.2, -0.15) is 0 Å². The van der Waals surface area contributed by atoms with E-state index < -0.39 is 23.7 Å². The Kier molecular flexibility index (Phi) is 4.20. The molecule has 5 heteroatoms.